The van der Waals surface area contributed by atoms with Crippen LogP contribution in [0.1, 0.15) is 57.1 Å². The van der Waals surface area contributed by atoms with Crippen LogP contribution in [0, 0.1) is 11.8 Å². The Balaban J connectivity index is 1.40. The number of aromatic hydroxyl groups is 1. The number of phenols is 1. The van der Waals surface area contributed by atoms with E-state index < -0.39 is 35.1 Å². The van der Waals surface area contributed by atoms with Crippen molar-refractivity contribution >= 4 is 11.9 Å². The Labute approximate surface area is 192 Å². The van der Waals surface area contributed by atoms with E-state index in [-0.39, 0.29) is 30.6 Å². The molecule has 1 spiro atoms. The fourth-order valence-corrected chi connectivity index (χ4v) is 6.32. The Morgan fingerprint density at radius 2 is 2.12 bits per heavy atom. The Hall–Kier alpha value is -2.58. The van der Waals surface area contributed by atoms with Crippen LogP contribution in [-0.2, 0) is 30.9 Å². The van der Waals surface area contributed by atoms with Gasteiger partial charge in [-0.15, -0.1) is 0 Å². The molecule has 5 rings (SSSR count). The first-order chi connectivity index (χ1) is 15.7. The van der Waals surface area contributed by atoms with Crippen molar-refractivity contribution < 1.29 is 34.0 Å². The van der Waals surface area contributed by atoms with Gasteiger partial charge in [0.25, 0.3) is 0 Å². The first-order valence-electron chi connectivity index (χ1n) is 11.7. The molecule has 0 radical (unpaired) electrons. The van der Waals surface area contributed by atoms with Crippen LogP contribution >= 0.6 is 0 Å². The van der Waals surface area contributed by atoms with Gasteiger partial charge in [-0.1, -0.05) is 26.3 Å². The minimum atomic E-state index is -1.12. The van der Waals surface area contributed by atoms with Gasteiger partial charge >= 0.3 is 11.9 Å². The highest BCUT2D eigenvalue weighted by Gasteiger charge is 2.70. The van der Waals surface area contributed by atoms with E-state index in [1.54, 1.807) is 12.1 Å². The summed E-state index contributed by atoms with van der Waals surface area (Å²) < 4.78 is 17.0. The van der Waals surface area contributed by atoms with Crippen LogP contribution < -0.4 is 10.5 Å². The highest BCUT2D eigenvalue weighted by atomic mass is 16.6. The van der Waals surface area contributed by atoms with E-state index in [1.165, 1.54) is 0 Å². The summed E-state index contributed by atoms with van der Waals surface area (Å²) in [6.07, 6.45) is 4.22. The van der Waals surface area contributed by atoms with E-state index in [2.05, 4.69) is 0 Å². The largest absolute Gasteiger partial charge is 0.504 e. The van der Waals surface area contributed by atoms with Crippen LogP contribution in [-0.4, -0.2) is 46.5 Å². The molecule has 8 heteroatoms. The third-order valence-electron chi connectivity index (χ3n) is 7.74. The molecular weight excluding hydrogens is 426 g/mol. The highest BCUT2D eigenvalue weighted by Crippen LogP contribution is 2.67. The van der Waals surface area contributed by atoms with Crippen LogP contribution in [0.5, 0.6) is 11.5 Å². The molecule has 5 atom stereocenters. The number of carbonyl (C=O) groups is 2. The summed E-state index contributed by atoms with van der Waals surface area (Å²) in [5.41, 5.74) is 5.97. The Kier molecular flexibility index (Phi) is 5.21. The number of ether oxygens (including phenoxy) is 3. The molecule has 4 aliphatic rings. The summed E-state index contributed by atoms with van der Waals surface area (Å²) in [6.45, 7) is 4.05. The zero-order valence-corrected chi connectivity index (χ0v) is 19.0. The second kappa shape index (κ2) is 7.74. The smallest absolute Gasteiger partial charge is 0.323 e. The van der Waals surface area contributed by atoms with Gasteiger partial charge in [-0.2, -0.15) is 0 Å². The van der Waals surface area contributed by atoms with E-state index in [0.29, 0.717) is 24.4 Å². The third-order valence-corrected chi connectivity index (χ3v) is 7.74. The van der Waals surface area contributed by atoms with E-state index in [0.717, 1.165) is 30.4 Å². The molecule has 0 saturated heterocycles. The number of benzene rings is 1. The van der Waals surface area contributed by atoms with Crippen molar-refractivity contribution in [2.24, 2.45) is 17.6 Å². The standard InChI is InChI=1S/C25H31NO7/c1-13(2)12-31-23(29)16(26)11-19(28)32-18-7-9-25(30)15-4-3-8-24(25)20-14(10-15)5-6-17(27)21(20)33-22(18)24/h5-7,13,15-16,22,27,30H,3-4,8-12,26H2,1-2H3/t15-,16+,22+,24+,25-/m1/s1. The highest BCUT2D eigenvalue weighted by molar-refractivity contribution is 5.83. The normalized spacial score (nSPS) is 31.8. The number of nitrogens with two attached hydrogens (primary N) is 1. The average Bonchev–Trinajstić information content (AvgIpc) is 3.10. The Morgan fingerprint density at radius 3 is 2.88 bits per heavy atom. The van der Waals surface area contributed by atoms with E-state index >= 15 is 0 Å². The van der Waals surface area contributed by atoms with Crippen LogP contribution in [0.2, 0.25) is 0 Å². The molecule has 0 amide bonds. The van der Waals surface area contributed by atoms with Crippen molar-refractivity contribution in [2.75, 3.05) is 6.61 Å². The lowest BCUT2D eigenvalue weighted by atomic mass is 9.47. The number of aliphatic hydroxyl groups is 1. The molecule has 33 heavy (non-hydrogen) atoms. The molecular formula is C25H31NO7. The van der Waals surface area contributed by atoms with Gasteiger partial charge in [-0.25, -0.2) is 0 Å². The molecule has 1 saturated carbocycles. The van der Waals surface area contributed by atoms with Crippen LogP contribution in [0.4, 0.5) is 0 Å². The van der Waals surface area contributed by atoms with Crippen LogP contribution in [0.3, 0.4) is 0 Å². The fourth-order valence-electron chi connectivity index (χ4n) is 6.32. The molecule has 1 fully saturated rings. The van der Waals surface area contributed by atoms with Crippen LogP contribution in [0.15, 0.2) is 24.0 Å². The zero-order valence-electron chi connectivity index (χ0n) is 19.0. The first kappa shape index (κ1) is 22.2. The first-order valence-corrected chi connectivity index (χ1v) is 11.7. The molecule has 3 aliphatic carbocycles. The molecule has 1 aromatic carbocycles. The van der Waals surface area contributed by atoms with Crippen molar-refractivity contribution in [2.45, 2.75) is 75.5 Å². The minimum absolute atomic E-state index is 0.0181. The molecule has 8 nitrogen and oxygen atoms in total. The molecule has 1 heterocycles. The van der Waals surface area contributed by atoms with Gasteiger partial charge in [0.05, 0.1) is 24.0 Å². The SMILES string of the molecule is CC(C)COC(=O)[C@@H](N)CC(=O)OC1=CC[C@@]2(O)[C@@H]3CCC[C@@]24c2c(ccc(O)c2O[C@@H]14)C3. The van der Waals surface area contributed by atoms with Crippen molar-refractivity contribution in [1.29, 1.82) is 0 Å². The maximum atomic E-state index is 12.7. The molecule has 1 aliphatic heterocycles. The van der Waals surface area contributed by atoms with Gasteiger partial charge in [-0.3, -0.25) is 9.59 Å². The Morgan fingerprint density at radius 1 is 1.33 bits per heavy atom. The Bertz CT molecular complexity index is 1030. The third kappa shape index (κ3) is 3.18. The summed E-state index contributed by atoms with van der Waals surface area (Å²) in [4.78, 5) is 24.7. The monoisotopic (exact) mass is 457 g/mol. The predicted octanol–water partition coefficient (Wildman–Crippen LogP) is 2.23. The van der Waals surface area contributed by atoms with E-state index in [4.69, 9.17) is 19.9 Å². The van der Waals surface area contributed by atoms with Gasteiger partial charge in [0, 0.05) is 5.56 Å². The van der Waals surface area contributed by atoms with E-state index in [9.17, 15) is 19.8 Å². The molecule has 0 unspecified atom stereocenters. The second-order valence-corrected chi connectivity index (χ2v) is 10.3. The van der Waals surface area contributed by atoms with Crippen molar-refractivity contribution in [3.05, 3.63) is 35.1 Å². The number of carbonyl (C=O) groups excluding carboxylic acids is 2. The summed E-state index contributed by atoms with van der Waals surface area (Å²) in [6, 6.07) is 2.41. The maximum Gasteiger partial charge on any atom is 0.323 e. The number of hydrogen-bond acceptors (Lipinski definition) is 8. The van der Waals surface area contributed by atoms with Crippen LogP contribution in [0.25, 0.3) is 0 Å². The summed E-state index contributed by atoms with van der Waals surface area (Å²) in [5.74, 6) is -0.388. The van der Waals surface area contributed by atoms with Gasteiger partial charge in [-0.05, 0) is 55.2 Å². The lowest BCUT2D eigenvalue weighted by molar-refractivity contribution is -0.161. The fraction of sp³-hybridized carbons (Fsp3) is 0.600. The molecule has 0 aromatic heterocycles. The maximum absolute atomic E-state index is 12.7. The summed E-state index contributed by atoms with van der Waals surface area (Å²) >= 11 is 0. The molecule has 1 aromatic rings. The molecule has 178 valence electrons. The lowest BCUT2D eigenvalue weighted by Crippen LogP contribution is -2.67. The van der Waals surface area contributed by atoms with Crippen molar-refractivity contribution in [3.8, 4) is 11.5 Å². The molecule has 4 N–H and O–H groups in total. The number of phenolic OH excluding ortho intramolecular Hbond substituents is 1. The van der Waals surface area contributed by atoms with Gasteiger partial charge in [0.2, 0.25) is 0 Å². The number of rotatable bonds is 6. The van der Waals surface area contributed by atoms with Gasteiger partial charge in [0.1, 0.15) is 11.8 Å². The minimum Gasteiger partial charge on any atom is -0.504 e. The number of hydrogen-bond donors (Lipinski definition) is 3. The number of esters is 2. The topological polar surface area (TPSA) is 128 Å². The van der Waals surface area contributed by atoms with Crippen molar-refractivity contribution in [3.63, 3.8) is 0 Å². The summed E-state index contributed by atoms with van der Waals surface area (Å²) in [5, 5.41) is 22.5. The lowest BCUT2D eigenvalue weighted by Gasteiger charge is -2.59. The van der Waals surface area contributed by atoms with Crippen molar-refractivity contribution in [1.82, 2.24) is 0 Å². The summed E-state index contributed by atoms with van der Waals surface area (Å²) in [7, 11) is 0. The zero-order chi connectivity index (χ0) is 23.5. The van der Waals surface area contributed by atoms with Gasteiger partial charge < -0.3 is 30.2 Å². The average molecular weight is 458 g/mol. The van der Waals surface area contributed by atoms with Gasteiger partial charge in [0.15, 0.2) is 17.6 Å². The second-order valence-electron chi connectivity index (χ2n) is 10.3. The van der Waals surface area contributed by atoms with E-state index in [1.807, 2.05) is 19.9 Å². The quantitative estimate of drug-likeness (QED) is 0.555. The predicted molar refractivity (Wildman–Crippen MR) is 117 cm³/mol. The molecule has 2 bridgehead atoms.